The van der Waals surface area contributed by atoms with Gasteiger partial charge in [-0.1, -0.05) is 0 Å². The Hall–Kier alpha value is -0.120. The molecule has 16 heavy (non-hydrogen) atoms. The van der Waals surface area contributed by atoms with Crippen molar-refractivity contribution >= 4 is 0 Å². The predicted octanol–water partition coefficient (Wildman–Crippen LogP) is 1.89. The number of aliphatic hydroxyl groups is 1. The van der Waals surface area contributed by atoms with Crippen LogP contribution in [0.25, 0.3) is 0 Å². The minimum absolute atomic E-state index is 0.332. The van der Waals surface area contributed by atoms with Crippen LogP contribution in [-0.2, 0) is 4.74 Å². The number of hydrogen-bond donors (Lipinski definition) is 1. The number of aliphatic hydroxyl groups excluding tert-OH is 1. The zero-order chi connectivity index (χ0) is 12.0. The standard InChI is InChI=1S/C13H27NO2/c1-11(2)16-9-8-14(3)13-6-4-12(10-15)5-7-13/h11-13,15H,4-10H2,1-3H3. The maximum atomic E-state index is 9.08. The first-order valence-corrected chi connectivity index (χ1v) is 6.56. The van der Waals surface area contributed by atoms with E-state index in [4.69, 9.17) is 9.84 Å². The molecule has 0 heterocycles. The van der Waals surface area contributed by atoms with Gasteiger partial charge in [0.1, 0.15) is 0 Å². The van der Waals surface area contributed by atoms with Gasteiger partial charge in [0.25, 0.3) is 0 Å². The topological polar surface area (TPSA) is 32.7 Å². The highest BCUT2D eigenvalue weighted by molar-refractivity contribution is 4.77. The molecule has 0 atom stereocenters. The van der Waals surface area contributed by atoms with Gasteiger partial charge in [-0.05, 0) is 52.5 Å². The first kappa shape index (κ1) is 13.9. The molecule has 3 nitrogen and oxygen atoms in total. The summed E-state index contributed by atoms with van der Waals surface area (Å²) in [6, 6.07) is 0.693. The molecule has 0 aliphatic heterocycles. The van der Waals surface area contributed by atoms with Crippen LogP contribution < -0.4 is 0 Å². The SMILES string of the molecule is CC(C)OCCN(C)C1CCC(CO)CC1. The fourth-order valence-electron chi connectivity index (χ4n) is 2.38. The molecule has 96 valence electrons. The summed E-state index contributed by atoms with van der Waals surface area (Å²) in [6.07, 6.45) is 5.14. The molecule has 0 saturated heterocycles. The second-order valence-corrected chi connectivity index (χ2v) is 5.26. The summed E-state index contributed by atoms with van der Waals surface area (Å²) in [4.78, 5) is 2.41. The maximum absolute atomic E-state index is 9.08. The molecular weight excluding hydrogens is 202 g/mol. The van der Waals surface area contributed by atoms with Gasteiger partial charge in [-0.3, -0.25) is 0 Å². The fraction of sp³-hybridized carbons (Fsp3) is 1.00. The van der Waals surface area contributed by atoms with Crippen LogP contribution in [0.15, 0.2) is 0 Å². The van der Waals surface area contributed by atoms with Crippen LogP contribution in [0.1, 0.15) is 39.5 Å². The molecule has 0 unspecified atom stereocenters. The number of likely N-dealkylation sites (N-methyl/N-ethyl adjacent to an activating group) is 1. The molecule has 0 radical (unpaired) electrons. The van der Waals surface area contributed by atoms with Gasteiger partial charge in [0.2, 0.25) is 0 Å². The van der Waals surface area contributed by atoms with Crippen molar-refractivity contribution in [2.45, 2.75) is 51.7 Å². The molecule has 1 aliphatic rings. The van der Waals surface area contributed by atoms with Gasteiger partial charge in [0.15, 0.2) is 0 Å². The second kappa shape index (κ2) is 7.25. The summed E-state index contributed by atoms with van der Waals surface area (Å²) in [6.45, 7) is 6.37. The third kappa shape index (κ3) is 4.81. The molecule has 0 aromatic carbocycles. The predicted molar refractivity (Wildman–Crippen MR) is 66.5 cm³/mol. The summed E-state index contributed by atoms with van der Waals surface area (Å²) in [5, 5.41) is 9.08. The Kier molecular flexibility index (Phi) is 6.32. The third-order valence-corrected chi connectivity index (χ3v) is 3.59. The summed E-state index contributed by atoms with van der Waals surface area (Å²) in [7, 11) is 2.19. The molecule has 0 spiro atoms. The van der Waals surface area contributed by atoms with E-state index in [0.717, 1.165) is 13.2 Å². The maximum Gasteiger partial charge on any atom is 0.0596 e. The number of hydrogen-bond acceptors (Lipinski definition) is 3. The lowest BCUT2D eigenvalue weighted by Crippen LogP contribution is -2.37. The Balaban J connectivity index is 2.15. The molecular formula is C13H27NO2. The van der Waals surface area contributed by atoms with Crippen LogP contribution in [0.5, 0.6) is 0 Å². The van der Waals surface area contributed by atoms with E-state index in [1.807, 2.05) is 0 Å². The van der Waals surface area contributed by atoms with Crippen molar-refractivity contribution in [2.24, 2.45) is 5.92 Å². The van der Waals surface area contributed by atoms with E-state index in [0.29, 0.717) is 24.7 Å². The third-order valence-electron chi connectivity index (χ3n) is 3.59. The van der Waals surface area contributed by atoms with E-state index in [-0.39, 0.29) is 0 Å². The highest BCUT2D eigenvalue weighted by Crippen LogP contribution is 2.26. The Morgan fingerprint density at radius 1 is 1.25 bits per heavy atom. The molecule has 1 fully saturated rings. The zero-order valence-electron chi connectivity index (χ0n) is 11.0. The molecule has 1 saturated carbocycles. The van der Waals surface area contributed by atoms with E-state index in [9.17, 15) is 0 Å². The van der Waals surface area contributed by atoms with Crippen molar-refractivity contribution in [3.63, 3.8) is 0 Å². The minimum Gasteiger partial charge on any atom is -0.396 e. The molecule has 0 amide bonds. The van der Waals surface area contributed by atoms with Crippen LogP contribution in [0.2, 0.25) is 0 Å². The van der Waals surface area contributed by atoms with Crippen LogP contribution in [0.4, 0.5) is 0 Å². The van der Waals surface area contributed by atoms with Gasteiger partial charge in [0.05, 0.1) is 12.7 Å². The van der Waals surface area contributed by atoms with Gasteiger partial charge < -0.3 is 14.7 Å². The van der Waals surface area contributed by atoms with Crippen LogP contribution in [0, 0.1) is 5.92 Å². The first-order valence-electron chi connectivity index (χ1n) is 6.56. The summed E-state index contributed by atoms with van der Waals surface area (Å²) in [5.74, 6) is 0.552. The van der Waals surface area contributed by atoms with Gasteiger partial charge in [0, 0.05) is 19.2 Å². The van der Waals surface area contributed by atoms with Crippen molar-refractivity contribution in [1.82, 2.24) is 4.90 Å². The van der Waals surface area contributed by atoms with Gasteiger partial charge >= 0.3 is 0 Å². The highest BCUT2D eigenvalue weighted by Gasteiger charge is 2.23. The van der Waals surface area contributed by atoms with Crippen LogP contribution in [-0.4, -0.2) is 49.0 Å². The molecule has 1 aliphatic carbocycles. The normalized spacial score (nSPS) is 26.6. The molecule has 1 N–H and O–H groups in total. The minimum atomic E-state index is 0.332. The largest absolute Gasteiger partial charge is 0.396 e. The van der Waals surface area contributed by atoms with Crippen molar-refractivity contribution < 1.29 is 9.84 Å². The smallest absolute Gasteiger partial charge is 0.0596 e. The zero-order valence-corrected chi connectivity index (χ0v) is 11.0. The lowest BCUT2D eigenvalue weighted by molar-refractivity contribution is 0.0467. The number of rotatable bonds is 6. The van der Waals surface area contributed by atoms with Crippen LogP contribution >= 0.6 is 0 Å². The monoisotopic (exact) mass is 229 g/mol. The Morgan fingerprint density at radius 3 is 2.38 bits per heavy atom. The Morgan fingerprint density at radius 2 is 1.88 bits per heavy atom. The van der Waals surface area contributed by atoms with E-state index in [1.54, 1.807) is 0 Å². The molecule has 0 aromatic rings. The van der Waals surface area contributed by atoms with Gasteiger partial charge in [-0.25, -0.2) is 0 Å². The molecule has 0 aromatic heterocycles. The van der Waals surface area contributed by atoms with E-state index in [1.165, 1.54) is 25.7 Å². The van der Waals surface area contributed by atoms with Gasteiger partial charge in [-0.2, -0.15) is 0 Å². The van der Waals surface area contributed by atoms with Crippen LogP contribution in [0.3, 0.4) is 0 Å². The van der Waals surface area contributed by atoms with E-state index < -0.39 is 0 Å². The number of ether oxygens (including phenoxy) is 1. The van der Waals surface area contributed by atoms with Crippen molar-refractivity contribution in [3.8, 4) is 0 Å². The molecule has 0 bridgehead atoms. The van der Waals surface area contributed by atoms with Crippen molar-refractivity contribution in [1.29, 1.82) is 0 Å². The quantitative estimate of drug-likeness (QED) is 0.755. The Bertz CT molecular complexity index is 177. The van der Waals surface area contributed by atoms with Crippen molar-refractivity contribution in [3.05, 3.63) is 0 Å². The van der Waals surface area contributed by atoms with Crippen molar-refractivity contribution in [2.75, 3.05) is 26.8 Å². The van der Waals surface area contributed by atoms with Gasteiger partial charge in [-0.15, -0.1) is 0 Å². The lowest BCUT2D eigenvalue weighted by atomic mass is 9.86. The average molecular weight is 229 g/mol. The number of nitrogens with zero attached hydrogens (tertiary/aromatic N) is 1. The fourth-order valence-corrected chi connectivity index (χ4v) is 2.38. The second-order valence-electron chi connectivity index (χ2n) is 5.26. The van der Waals surface area contributed by atoms with E-state index >= 15 is 0 Å². The average Bonchev–Trinajstić information content (AvgIpc) is 2.28. The summed E-state index contributed by atoms with van der Waals surface area (Å²) in [5.41, 5.74) is 0. The summed E-state index contributed by atoms with van der Waals surface area (Å²) < 4.78 is 5.56. The van der Waals surface area contributed by atoms with E-state index in [2.05, 4.69) is 25.8 Å². The molecule has 3 heteroatoms. The summed E-state index contributed by atoms with van der Waals surface area (Å²) >= 11 is 0. The Labute approximate surface area is 99.8 Å². The molecule has 1 rings (SSSR count). The lowest BCUT2D eigenvalue weighted by Gasteiger charge is -2.34. The highest BCUT2D eigenvalue weighted by atomic mass is 16.5. The first-order chi connectivity index (χ1) is 7.63.